The monoisotopic (exact) mass is 422 g/mol. The summed E-state index contributed by atoms with van der Waals surface area (Å²) in [6, 6.07) is 6.72. The van der Waals surface area contributed by atoms with E-state index in [-0.39, 0.29) is 10.5 Å². The van der Waals surface area contributed by atoms with Crippen LogP contribution >= 0.6 is 0 Å². The van der Waals surface area contributed by atoms with Crippen molar-refractivity contribution in [3.8, 4) is 0 Å². The zero-order valence-corrected chi connectivity index (χ0v) is 21.4. The number of benzene rings is 1. The van der Waals surface area contributed by atoms with Crippen LogP contribution in [0.5, 0.6) is 0 Å². The van der Waals surface area contributed by atoms with Crippen LogP contribution in [-0.4, -0.2) is 14.4 Å². The van der Waals surface area contributed by atoms with Crippen molar-refractivity contribution < 1.29 is 4.43 Å². The van der Waals surface area contributed by atoms with Crippen molar-refractivity contribution in [1.29, 1.82) is 0 Å². The van der Waals surface area contributed by atoms with E-state index in [4.69, 9.17) is 4.43 Å². The van der Waals surface area contributed by atoms with Gasteiger partial charge in [-0.15, -0.1) is 0 Å². The third kappa shape index (κ3) is 4.18. The van der Waals surface area contributed by atoms with E-state index in [0.717, 1.165) is 12.8 Å². The van der Waals surface area contributed by atoms with Gasteiger partial charge in [-0.25, -0.2) is 0 Å². The number of hydrogen-bond acceptors (Lipinski definition) is 1. The second kappa shape index (κ2) is 8.28. The lowest BCUT2D eigenvalue weighted by Crippen LogP contribution is -2.48. The smallest absolute Gasteiger partial charge is 0.192 e. The SMILES string of the molecule is C=CC1=C(Cc2cc(C)ccc2C=C)CC[C@]2(C)[C@@H](O[Si](C)(C)C(C)(C)C)CC[C@@H]12. The van der Waals surface area contributed by atoms with E-state index < -0.39 is 8.32 Å². The molecule has 1 nitrogen and oxygen atoms in total. The van der Waals surface area contributed by atoms with Crippen molar-refractivity contribution in [1.82, 2.24) is 0 Å². The Kier molecular flexibility index (Phi) is 6.42. The maximum absolute atomic E-state index is 7.00. The number of allylic oxidation sites excluding steroid dienone is 3. The average Bonchev–Trinajstić information content (AvgIpc) is 2.97. The Labute approximate surface area is 186 Å². The van der Waals surface area contributed by atoms with Gasteiger partial charge in [-0.2, -0.15) is 0 Å². The number of hydrogen-bond donors (Lipinski definition) is 0. The van der Waals surface area contributed by atoms with Crippen molar-refractivity contribution in [2.24, 2.45) is 11.3 Å². The first-order valence-electron chi connectivity index (χ1n) is 11.7. The molecule has 0 amide bonds. The maximum Gasteiger partial charge on any atom is 0.192 e. The van der Waals surface area contributed by atoms with Crippen LogP contribution < -0.4 is 0 Å². The second-order valence-electron chi connectivity index (χ2n) is 11.3. The van der Waals surface area contributed by atoms with Crippen molar-refractivity contribution >= 4 is 14.4 Å². The Morgan fingerprint density at radius 2 is 1.87 bits per heavy atom. The van der Waals surface area contributed by atoms with Crippen LogP contribution in [0.25, 0.3) is 6.08 Å². The predicted molar refractivity (Wildman–Crippen MR) is 134 cm³/mol. The van der Waals surface area contributed by atoms with Gasteiger partial charge >= 0.3 is 0 Å². The quantitative estimate of drug-likeness (QED) is 0.419. The molecule has 0 N–H and O–H groups in total. The molecule has 2 heteroatoms. The lowest BCUT2D eigenvalue weighted by molar-refractivity contribution is 0.0458. The molecule has 1 saturated carbocycles. The molecule has 1 aromatic rings. The van der Waals surface area contributed by atoms with Crippen LogP contribution in [0.15, 0.2) is 48.6 Å². The van der Waals surface area contributed by atoms with Crippen molar-refractivity contribution in [2.45, 2.75) is 91.0 Å². The molecule has 1 fully saturated rings. The van der Waals surface area contributed by atoms with Crippen LogP contribution in [0.3, 0.4) is 0 Å². The molecule has 2 aliphatic rings. The summed E-state index contributed by atoms with van der Waals surface area (Å²) in [5.41, 5.74) is 7.29. The van der Waals surface area contributed by atoms with E-state index in [2.05, 4.69) is 85.1 Å². The highest BCUT2D eigenvalue weighted by molar-refractivity contribution is 6.74. The molecule has 0 aromatic heterocycles. The standard InChI is InChI=1S/C28H42OSi/c1-10-21-13-12-20(3)18-23(21)19-22-16-17-28(7)25(24(22)11-2)14-15-26(28)29-30(8,9)27(4,5)6/h10-13,18,25-26H,1-2,14-17,19H2,3-9H3/t25-,26-,28-/m0/s1. The van der Waals surface area contributed by atoms with Gasteiger partial charge in [0.2, 0.25) is 0 Å². The summed E-state index contributed by atoms with van der Waals surface area (Å²) in [6.45, 7) is 24.8. The highest BCUT2D eigenvalue weighted by Gasteiger charge is 2.53. The molecule has 0 radical (unpaired) electrons. The van der Waals surface area contributed by atoms with E-state index in [9.17, 15) is 0 Å². The maximum atomic E-state index is 7.00. The predicted octanol–water partition coefficient (Wildman–Crippen LogP) is 8.26. The van der Waals surface area contributed by atoms with Crippen LogP contribution in [0.1, 0.15) is 70.1 Å². The van der Waals surface area contributed by atoms with Gasteiger partial charge in [0.15, 0.2) is 8.32 Å². The van der Waals surface area contributed by atoms with Crippen LogP contribution in [-0.2, 0) is 10.8 Å². The fourth-order valence-corrected chi connectivity index (χ4v) is 6.83. The Balaban J connectivity index is 1.90. The molecule has 0 spiro atoms. The Bertz CT molecular complexity index is 854. The average molecular weight is 423 g/mol. The van der Waals surface area contributed by atoms with Gasteiger partial charge in [0.25, 0.3) is 0 Å². The lowest BCUT2D eigenvalue weighted by atomic mass is 9.65. The topological polar surface area (TPSA) is 9.23 Å². The summed E-state index contributed by atoms with van der Waals surface area (Å²) in [7, 11) is -1.78. The molecule has 0 bridgehead atoms. The Hall–Kier alpha value is -1.38. The molecule has 3 atom stereocenters. The van der Waals surface area contributed by atoms with Gasteiger partial charge in [0, 0.05) is 0 Å². The van der Waals surface area contributed by atoms with Gasteiger partial charge in [0.1, 0.15) is 0 Å². The molecule has 3 rings (SSSR count). The third-order valence-electron chi connectivity index (χ3n) is 8.38. The minimum absolute atomic E-state index is 0.233. The zero-order valence-electron chi connectivity index (χ0n) is 20.4. The summed E-state index contributed by atoms with van der Waals surface area (Å²) in [5.74, 6) is 0.575. The fraction of sp³-hybridized carbons (Fsp3) is 0.571. The fourth-order valence-electron chi connectivity index (χ4n) is 5.38. The minimum atomic E-state index is -1.78. The molecule has 0 heterocycles. The molecule has 1 aromatic carbocycles. The van der Waals surface area contributed by atoms with E-state index >= 15 is 0 Å². The highest BCUT2D eigenvalue weighted by Crippen LogP contribution is 2.57. The van der Waals surface area contributed by atoms with Gasteiger partial charge < -0.3 is 4.43 Å². The largest absolute Gasteiger partial charge is 0.413 e. The summed E-state index contributed by atoms with van der Waals surface area (Å²) in [5, 5.41) is 0.255. The Morgan fingerprint density at radius 3 is 2.47 bits per heavy atom. The number of fused-ring (bicyclic) bond motifs is 1. The van der Waals surface area contributed by atoms with Crippen molar-refractivity contribution in [3.63, 3.8) is 0 Å². The van der Waals surface area contributed by atoms with Crippen LogP contribution in [0.4, 0.5) is 0 Å². The molecule has 30 heavy (non-hydrogen) atoms. The zero-order chi connectivity index (χ0) is 22.3. The van der Waals surface area contributed by atoms with E-state index in [1.54, 1.807) is 5.57 Å². The third-order valence-corrected chi connectivity index (χ3v) is 12.9. The molecule has 2 aliphatic carbocycles. The molecule has 164 valence electrons. The first kappa shape index (κ1) is 23.3. The van der Waals surface area contributed by atoms with Crippen LogP contribution in [0, 0.1) is 18.3 Å². The van der Waals surface area contributed by atoms with E-state index in [1.165, 1.54) is 41.5 Å². The molecule has 0 unspecified atom stereocenters. The lowest BCUT2D eigenvalue weighted by Gasteiger charge is -2.47. The van der Waals surface area contributed by atoms with Crippen molar-refractivity contribution in [3.05, 3.63) is 65.3 Å². The van der Waals surface area contributed by atoms with E-state index in [0.29, 0.717) is 12.0 Å². The molecular formula is C28H42OSi. The number of aryl methyl sites for hydroxylation is 1. The summed E-state index contributed by atoms with van der Waals surface area (Å²) < 4.78 is 7.00. The normalized spacial score (nSPS) is 27.2. The summed E-state index contributed by atoms with van der Waals surface area (Å²) in [6.07, 6.45) is 10.3. The van der Waals surface area contributed by atoms with Gasteiger partial charge in [-0.3, -0.25) is 0 Å². The molecular weight excluding hydrogens is 380 g/mol. The molecule has 0 saturated heterocycles. The Morgan fingerprint density at radius 1 is 1.17 bits per heavy atom. The highest BCUT2D eigenvalue weighted by atomic mass is 28.4. The van der Waals surface area contributed by atoms with Gasteiger partial charge in [-0.1, -0.05) is 82.3 Å². The first-order valence-corrected chi connectivity index (χ1v) is 14.6. The number of rotatable bonds is 6. The second-order valence-corrected chi connectivity index (χ2v) is 16.1. The van der Waals surface area contributed by atoms with E-state index in [1.807, 2.05) is 6.08 Å². The summed E-state index contributed by atoms with van der Waals surface area (Å²) in [4.78, 5) is 0. The molecule has 0 aliphatic heterocycles. The first-order chi connectivity index (χ1) is 13.9. The summed E-state index contributed by atoms with van der Waals surface area (Å²) >= 11 is 0. The van der Waals surface area contributed by atoms with Gasteiger partial charge in [-0.05, 0) is 85.2 Å². The minimum Gasteiger partial charge on any atom is -0.413 e. The van der Waals surface area contributed by atoms with Crippen molar-refractivity contribution in [2.75, 3.05) is 0 Å². The van der Waals surface area contributed by atoms with Gasteiger partial charge in [0.05, 0.1) is 6.10 Å². The van der Waals surface area contributed by atoms with Crippen LogP contribution in [0.2, 0.25) is 18.1 Å².